The number of alkyl halides is 1. The minimum Gasteiger partial charge on any atom is -0.114 e. The molecule has 1 aromatic rings. The molecule has 1 aromatic carbocycles. The van der Waals surface area contributed by atoms with Gasteiger partial charge in [-0.25, -0.2) is 0 Å². The van der Waals surface area contributed by atoms with Gasteiger partial charge in [-0.15, -0.1) is 11.6 Å². The Morgan fingerprint density at radius 3 is 2.18 bits per heavy atom. The first-order valence-corrected chi connectivity index (χ1v) is 7.29. The monoisotopic (exact) mass is 252 g/mol. The molecule has 0 amide bonds. The van der Waals surface area contributed by atoms with Crippen LogP contribution in [0.4, 0.5) is 0 Å². The molecule has 0 saturated carbocycles. The highest BCUT2D eigenvalue weighted by Gasteiger charge is 2.22. The van der Waals surface area contributed by atoms with Crippen LogP contribution in [0.5, 0.6) is 0 Å². The molecular weight excluding hydrogens is 228 g/mol. The molecule has 17 heavy (non-hydrogen) atoms. The average Bonchev–Trinajstić information content (AvgIpc) is 2.35. The maximum atomic E-state index is 6.60. The number of rotatable bonds is 8. The SMILES string of the molecule is CCCCCCCCC(C)(Cl)c1ccccc1. The molecule has 0 saturated heterocycles. The van der Waals surface area contributed by atoms with Gasteiger partial charge in [0, 0.05) is 0 Å². The van der Waals surface area contributed by atoms with Crippen LogP contribution in [0, 0.1) is 0 Å². The minimum absolute atomic E-state index is 0.188. The molecule has 1 atom stereocenters. The van der Waals surface area contributed by atoms with Crippen molar-refractivity contribution in [3.05, 3.63) is 35.9 Å². The van der Waals surface area contributed by atoms with Crippen molar-refractivity contribution < 1.29 is 0 Å². The molecule has 0 nitrogen and oxygen atoms in total. The van der Waals surface area contributed by atoms with E-state index in [0.717, 1.165) is 6.42 Å². The molecule has 0 fully saturated rings. The van der Waals surface area contributed by atoms with Crippen molar-refractivity contribution in [2.24, 2.45) is 0 Å². The lowest BCUT2D eigenvalue weighted by molar-refractivity contribution is 0.526. The summed E-state index contributed by atoms with van der Waals surface area (Å²) in [6, 6.07) is 10.4. The summed E-state index contributed by atoms with van der Waals surface area (Å²) in [4.78, 5) is -0.188. The van der Waals surface area contributed by atoms with Gasteiger partial charge in [-0.1, -0.05) is 75.8 Å². The zero-order valence-corrected chi connectivity index (χ0v) is 12.0. The molecule has 1 rings (SSSR count). The van der Waals surface area contributed by atoms with Gasteiger partial charge in [-0.2, -0.15) is 0 Å². The van der Waals surface area contributed by atoms with Gasteiger partial charge in [-0.05, 0) is 18.9 Å². The number of hydrogen-bond acceptors (Lipinski definition) is 0. The van der Waals surface area contributed by atoms with E-state index in [2.05, 4.69) is 38.1 Å². The molecule has 0 aromatic heterocycles. The highest BCUT2D eigenvalue weighted by atomic mass is 35.5. The number of halogens is 1. The van der Waals surface area contributed by atoms with Crippen molar-refractivity contribution in [1.29, 1.82) is 0 Å². The molecule has 0 N–H and O–H groups in total. The van der Waals surface area contributed by atoms with Gasteiger partial charge < -0.3 is 0 Å². The van der Waals surface area contributed by atoms with Crippen LogP contribution >= 0.6 is 11.6 Å². The van der Waals surface area contributed by atoms with Gasteiger partial charge >= 0.3 is 0 Å². The first-order valence-electron chi connectivity index (χ1n) is 6.91. The average molecular weight is 253 g/mol. The molecule has 0 heterocycles. The van der Waals surface area contributed by atoms with Crippen molar-refractivity contribution in [2.75, 3.05) is 0 Å². The van der Waals surface area contributed by atoms with Crippen LogP contribution in [0.15, 0.2) is 30.3 Å². The molecular formula is C16H25Cl. The molecule has 1 unspecified atom stereocenters. The second kappa shape index (κ2) is 7.76. The lowest BCUT2D eigenvalue weighted by Crippen LogP contribution is -2.13. The van der Waals surface area contributed by atoms with Crippen molar-refractivity contribution in [3.8, 4) is 0 Å². The Labute approximate surface area is 111 Å². The van der Waals surface area contributed by atoms with Gasteiger partial charge in [0.25, 0.3) is 0 Å². The van der Waals surface area contributed by atoms with Crippen LogP contribution in [-0.2, 0) is 4.87 Å². The fraction of sp³-hybridized carbons (Fsp3) is 0.625. The van der Waals surface area contributed by atoms with E-state index in [4.69, 9.17) is 11.6 Å². The third-order valence-electron chi connectivity index (χ3n) is 3.38. The van der Waals surface area contributed by atoms with Crippen LogP contribution in [0.2, 0.25) is 0 Å². The highest BCUT2D eigenvalue weighted by Crippen LogP contribution is 2.33. The topological polar surface area (TPSA) is 0 Å². The van der Waals surface area contributed by atoms with E-state index in [1.165, 1.54) is 44.1 Å². The van der Waals surface area contributed by atoms with Crippen molar-refractivity contribution in [2.45, 2.75) is 63.7 Å². The summed E-state index contributed by atoms with van der Waals surface area (Å²) >= 11 is 6.60. The molecule has 0 aliphatic heterocycles. The van der Waals surface area contributed by atoms with Gasteiger partial charge in [0.1, 0.15) is 0 Å². The van der Waals surface area contributed by atoms with Gasteiger partial charge in [0.15, 0.2) is 0 Å². The van der Waals surface area contributed by atoms with Crippen LogP contribution < -0.4 is 0 Å². The summed E-state index contributed by atoms with van der Waals surface area (Å²) in [5.74, 6) is 0. The number of hydrogen-bond donors (Lipinski definition) is 0. The van der Waals surface area contributed by atoms with Crippen molar-refractivity contribution in [3.63, 3.8) is 0 Å². The van der Waals surface area contributed by atoms with Crippen LogP contribution in [0.25, 0.3) is 0 Å². The molecule has 0 bridgehead atoms. The normalized spacial score (nSPS) is 14.5. The van der Waals surface area contributed by atoms with Crippen LogP contribution in [0.3, 0.4) is 0 Å². The first kappa shape index (κ1) is 14.6. The highest BCUT2D eigenvalue weighted by molar-refractivity contribution is 6.23. The smallest absolute Gasteiger partial charge is 0.0666 e. The summed E-state index contributed by atoms with van der Waals surface area (Å²) in [6.07, 6.45) is 9.04. The second-order valence-electron chi connectivity index (χ2n) is 5.08. The zero-order chi connectivity index (χ0) is 12.6. The van der Waals surface area contributed by atoms with E-state index in [0.29, 0.717) is 0 Å². The third-order valence-corrected chi connectivity index (χ3v) is 3.78. The van der Waals surface area contributed by atoms with Gasteiger partial charge in [0.05, 0.1) is 4.87 Å². The lowest BCUT2D eigenvalue weighted by atomic mass is 9.94. The Morgan fingerprint density at radius 1 is 0.941 bits per heavy atom. The lowest BCUT2D eigenvalue weighted by Gasteiger charge is -2.22. The van der Waals surface area contributed by atoms with Gasteiger partial charge in [0.2, 0.25) is 0 Å². The fourth-order valence-corrected chi connectivity index (χ4v) is 2.43. The predicted octanol–water partition coefficient (Wildman–Crippen LogP) is 5.89. The maximum absolute atomic E-state index is 6.60. The summed E-state index contributed by atoms with van der Waals surface area (Å²) in [5, 5.41) is 0. The Kier molecular flexibility index (Phi) is 6.65. The summed E-state index contributed by atoms with van der Waals surface area (Å²) in [7, 11) is 0. The molecule has 0 aliphatic carbocycles. The molecule has 1 heteroatoms. The molecule has 0 radical (unpaired) electrons. The largest absolute Gasteiger partial charge is 0.114 e. The predicted molar refractivity (Wildman–Crippen MR) is 77.6 cm³/mol. The van der Waals surface area contributed by atoms with E-state index >= 15 is 0 Å². The van der Waals surface area contributed by atoms with Crippen LogP contribution in [0.1, 0.15) is 64.4 Å². The molecule has 96 valence electrons. The van der Waals surface area contributed by atoms with E-state index in [1.807, 2.05) is 6.07 Å². The van der Waals surface area contributed by atoms with Crippen LogP contribution in [-0.4, -0.2) is 0 Å². The Morgan fingerprint density at radius 2 is 1.53 bits per heavy atom. The molecule has 0 aliphatic rings. The standard InChI is InChI=1S/C16H25Cl/c1-3-4-5-6-7-11-14-16(2,17)15-12-9-8-10-13-15/h8-10,12-13H,3-7,11,14H2,1-2H3. The Hall–Kier alpha value is -0.490. The summed E-state index contributed by atoms with van der Waals surface area (Å²) < 4.78 is 0. The Bertz CT molecular complexity index is 290. The van der Waals surface area contributed by atoms with E-state index in [1.54, 1.807) is 0 Å². The quantitative estimate of drug-likeness (QED) is 0.400. The fourth-order valence-electron chi connectivity index (χ4n) is 2.17. The van der Waals surface area contributed by atoms with E-state index in [-0.39, 0.29) is 4.87 Å². The Balaban J connectivity index is 2.26. The summed E-state index contributed by atoms with van der Waals surface area (Å²) in [5.41, 5.74) is 1.25. The minimum atomic E-state index is -0.188. The first-order chi connectivity index (χ1) is 8.17. The number of benzene rings is 1. The van der Waals surface area contributed by atoms with E-state index < -0.39 is 0 Å². The third kappa shape index (κ3) is 5.59. The van der Waals surface area contributed by atoms with Gasteiger partial charge in [-0.3, -0.25) is 0 Å². The zero-order valence-electron chi connectivity index (χ0n) is 11.2. The maximum Gasteiger partial charge on any atom is 0.0666 e. The van der Waals surface area contributed by atoms with Crippen molar-refractivity contribution in [1.82, 2.24) is 0 Å². The van der Waals surface area contributed by atoms with E-state index in [9.17, 15) is 0 Å². The summed E-state index contributed by atoms with van der Waals surface area (Å²) in [6.45, 7) is 4.39. The molecule has 0 spiro atoms. The second-order valence-corrected chi connectivity index (χ2v) is 5.92. The van der Waals surface area contributed by atoms with Crippen molar-refractivity contribution >= 4 is 11.6 Å². The number of unbranched alkanes of at least 4 members (excludes halogenated alkanes) is 5.